The van der Waals surface area contributed by atoms with Crippen LogP contribution in [0.15, 0.2) is 42.5 Å². The Kier molecular flexibility index (Phi) is 5.41. The molecule has 6 heteroatoms. The van der Waals surface area contributed by atoms with Crippen molar-refractivity contribution in [3.05, 3.63) is 59.9 Å². The van der Waals surface area contributed by atoms with Crippen molar-refractivity contribution in [1.29, 1.82) is 0 Å². The van der Waals surface area contributed by atoms with E-state index in [9.17, 15) is 18.0 Å². The number of ether oxygens (including phenoxy) is 1. The van der Waals surface area contributed by atoms with Crippen LogP contribution in [0.5, 0.6) is 5.75 Å². The predicted molar refractivity (Wildman–Crippen MR) is 76.1 cm³/mol. The van der Waals surface area contributed by atoms with Gasteiger partial charge in [0.2, 0.25) is 5.91 Å². The third-order valence-electron chi connectivity index (χ3n) is 2.83. The van der Waals surface area contributed by atoms with Gasteiger partial charge in [-0.25, -0.2) is 13.2 Å². The first kappa shape index (κ1) is 15.9. The number of hydrogen-bond acceptors (Lipinski definition) is 2. The van der Waals surface area contributed by atoms with Gasteiger partial charge in [-0.3, -0.25) is 4.79 Å². The summed E-state index contributed by atoms with van der Waals surface area (Å²) >= 11 is 0. The van der Waals surface area contributed by atoms with Crippen LogP contribution in [-0.2, 0) is 4.79 Å². The lowest BCUT2D eigenvalue weighted by Gasteiger charge is -2.07. The van der Waals surface area contributed by atoms with Crippen LogP contribution in [0.2, 0.25) is 0 Å². The summed E-state index contributed by atoms with van der Waals surface area (Å²) in [5.74, 6) is -2.14. The smallest absolute Gasteiger partial charge is 0.224 e. The molecule has 2 rings (SSSR count). The highest BCUT2D eigenvalue weighted by Gasteiger charge is 2.06. The molecule has 0 aromatic heterocycles. The fourth-order valence-electron chi connectivity index (χ4n) is 1.75. The summed E-state index contributed by atoms with van der Waals surface area (Å²) in [7, 11) is 0. The Bertz CT molecular complexity index is 644. The van der Waals surface area contributed by atoms with Gasteiger partial charge in [0.1, 0.15) is 11.6 Å². The SMILES string of the molecule is O=C(CCCOc1ccc(F)cc1)Nc1ccc(F)c(F)c1. The Morgan fingerprint density at radius 3 is 2.41 bits per heavy atom. The molecule has 0 saturated carbocycles. The van der Waals surface area contributed by atoms with Gasteiger partial charge in [0.05, 0.1) is 6.61 Å². The Morgan fingerprint density at radius 2 is 1.73 bits per heavy atom. The molecule has 0 aliphatic carbocycles. The van der Waals surface area contributed by atoms with Crippen LogP contribution in [-0.4, -0.2) is 12.5 Å². The summed E-state index contributed by atoms with van der Waals surface area (Å²) in [6.07, 6.45) is 0.604. The molecule has 0 spiro atoms. The third kappa shape index (κ3) is 4.80. The standard InChI is InChI=1S/C16H14F3NO2/c17-11-3-6-13(7-4-11)22-9-1-2-16(21)20-12-5-8-14(18)15(19)10-12/h3-8,10H,1-2,9H2,(H,20,21). The Labute approximate surface area is 125 Å². The van der Waals surface area contributed by atoms with Crippen molar-refractivity contribution in [1.82, 2.24) is 0 Å². The minimum absolute atomic E-state index is 0.167. The number of rotatable bonds is 6. The number of amides is 1. The molecule has 22 heavy (non-hydrogen) atoms. The molecule has 0 aliphatic rings. The first-order valence-electron chi connectivity index (χ1n) is 6.68. The molecule has 1 amide bonds. The average molecular weight is 309 g/mol. The van der Waals surface area contributed by atoms with Gasteiger partial charge in [-0.1, -0.05) is 0 Å². The van der Waals surface area contributed by atoms with Crippen molar-refractivity contribution in [2.75, 3.05) is 11.9 Å². The van der Waals surface area contributed by atoms with E-state index in [1.54, 1.807) is 0 Å². The summed E-state index contributed by atoms with van der Waals surface area (Å²) in [6, 6.07) is 8.71. The minimum Gasteiger partial charge on any atom is -0.494 e. The molecule has 0 atom stereocenters. The highest BCUT2D eigenvalue weighted by molar-refractivity contribution is 5.90. The molecule has 0 bridgehead atoms. The van der Waals surface area contributed by atoms with Gasteiger partial charge < -0.3 is 10.1 Å². The van der Waals surface area contributed by atoms with E-state index in [2.05, 4.69) is 5.32 Å². The van der Waals surface area contributed by atoms with Crippen LogP contribution in [0.3, 0.4) is 0 Å². The van der Waals surface area contributed by atoms with E-state index in [-0.39, 0.29) is 30.4 Å². The van der Waals surface area contributed by atoms with Crippen LogP contribution in [0.25, 0.3) is 0 Å². The summed E-state index contributed by atoms with van der Waals surface area (Å²) < 4.78 is 43.7. The molecule has 116 valence electrons. The zero-order chi connectivity index (χ0) is 15.9. The van der Waals surface area contributed by atoms with E-state index in [4.69, 9.17) is 4.74 Å². The van der Waals surface area contributed by atoms with Crippen molar-refractivity contribution in [2.45, 2.75) is 12.8 Å². The lowest BCUT2D eigenvalue weighted by Crippen LogP contribution is -2.13. The van der Waals surface area contributed by atoms with Crippen LogP contribution in [0.1, 0.15) is 12.8 Å². The van der Waals surface area contributed by atoms with Gasteiger partial charge in [-0.2, -0.15) is 0 Å². The van der Waals surface area contributed by atoms with Crippen molar-refractivity contribution in [2.24, 2.45) is 0 Å². The Balaban J connectivity index is 1.71. The van der Waals surface area contributed by atoms with Crippen molar-refractivity contribution >= 4 is 11.6 Å². The average Bonchev–Trinajstić information content (AvgIpc) is 2.49. The second kappa shape index (κ2) is 7.49. The fraction of sp³-hybridized carbons (Fsp3) is 0.188. The number of carbonyl (C=O) groups excluding carboxylic acids is 1. The van der Waals surface area contributed by atoms with Crippen molar-refractivity contribution < 1.29 is 22.7 Å². The van der Waals surface area contributed by atoms with E-state index >= 15 is 0 Å². The molecule has 0 aliphatic heterocycles. The molecule has 0 saturated heterocycles. The first-order valence-corrected chi connectivity index (χ1v) is 6.68. The fourth-order valence-corrected chi connectivity index (χ4v) is 1.75. The summed E-state index contributed by atoms with van der Waals surface area (Å²) in [4.78, 5) is 11.6. The minimum atomic E-state index is -1.02. The third-order valence-corrected chi connectivity index (χ3v) is 2.83. The molecule has 0 heterocycles. The first-order chi connectivity index (χ1) is 10.5. The predicted octanol–water partition coefficient (Wildman–Crippen LogP) is 3.90. The number of hydrogen-bond donors (Lipinski definition) is 1. The van der Waals surface area contributed by atoms with Gasteiger partial charge in [0, 0.05) is 18.2 Å². The second-order valence-corrected chi connectivity index (χ2v) is 4.58. The number of halogens is 3. The van der Waals surface area contributed by atoms with E-state index in [1.165, 1.54) is 30.3 Å². The Hall–Kier alpha value is -2.50. The van der Waals surface area contributed by atoms with Gasteiger partial charge in [-0.15, -0.1) is 0 Å². The number of nitrogens with one attached hydrogen (secondary N) is 1. The van der Waals surface area contributed by atoms with Crippen LogP contribution in [0, 0.1) is 17.5 Å². The summed E-state index contributed by atoms with van der Waals surface area (Å²) in [6.45, 7) is 0.289. The maximum atomic E-state index is 13.0. The molecule has 0 fully saturated rings. The molecule has 2 aromatic carbocycles. The molecule has 2 aromatic rings. The van der Waals surface area contributed by atoms with Gasteiger partial charge in [0.15, 0.2) is 11.6 Å². The highest BCUT2D eigenvalue weighted by Crippen LogP contribution is 2.14. The quantitative estimate of drug-likeness (QED) is 0.822. The van der Waals surface area contributed by atoms with E-state index in [0.717, 1.165) is 12.1 Å². The van der Waals surface area contributed by atoms with Crippen molar-refractivity contribution in [3.8, 4) is 5.75 Å². The van der Waals surface area contributed by atoms with Crippen LogP contribution >= 0.6 is 0 Å². The highest BCUT2D eigenvalue weighted by atomic mass is 19.2. The largest absolute Gasteiger partial charge is 0.494 e. The lowest BCUT2D eigenvalue weighted by molar-refractivity contribution is -0.116. The van der Waals surface area contributed by atoms with Gasteiger partial charge >= 0.3 is 0 Å². The zero-order valence-electron chi connectivity index (χ0n) is 11.6. The zero-order valence-corrected chi connectivity index (χ0v) is 11.6. The maximum absolute atomic E-state index is 13.0. The van der Waals surface area contributed by atoms with Gasteiger partial charge in [-0.05, 0) is 42.8 Å². The topological polar surface area (TPSA) is 38.3 Å². The van der Waals surface area contributed by atoms with E-state index < -0.39 is 11.6 Å². The van der Waals surface area contributed by atoms with Crippen LogP contribution < -0.4 is 10.1 Å². The second-order valence-electron chi connectivity index (χ2n) is 4.58. The van der Waals surface area contributed by atoms with Crippen LogP contribution in [0.4, 0.5) is 18.9 Å². The number of anilines is 1. The lowest BCUT2D eigenvalue weighted by atomic mass is 10.2. The van der Waals surface area contributed by atoms with E-state index in [0.29, 0.717) is 12.2 Å². The molecule has 0 unspecified atom stereocenters. The number of benzene rings is 2. The maximum Gasteiger partial charge on any atom is 0.224 e. The molecule has 1 N–H and O–H groups in total. The number of carbonyl (C=O) groups is 1. The summed E-state index contributed by atoms with van der Waals surface area (Å²) in [5, 5.41) is 2.47. The summed E-state index contributed by atoms with van der Waals surface area (Å²) in [5.41, 5.74) is 0.198. The molecular weight excluding hydrogens is 295 g/mol. The molecule has 0 radical (unpaired) electrons. The monoisotopic (exact) mass is 309 g/mol. The van der Waals surface area contributed by atoms with Gasteiger partial charge in [0.25, 0.3) is 0 Å². The van der Waals surface area contributed by atoms with Crippen molar-refractivity contribution in [3.63, 3.8) is 0 Å². The van der Waals surface area contributed by atoms with E-state index in [1.807, 2.05) is 0 Å². The molecule has 3 nitrogen and oxygen atoms in total. The normalized spacial score (nSPS) is 10.3. The molecular formula is C16H14F3NO2. The Morgan fingerprint density at radius 1 is 1.00 bits per heavy atom.